The highest BCUT2D eigenvalue weighted by molar-refractivity contribution is 4.75. The first-order valence-electron chi connectivity index (χ1n) is 2.41. The first-order valence-corrected chi connectivity index (χ1v) is 2.41. The van der Waals surface area contributed by atoms with Crippen molar-refractivity contribution in [2.45, 2.75) is 13.2 Å². The summed E-state index contributed by atoms with van der Waals surface area (Å²) >= 11 is 0. The van der Waals surface area contributed by atoms with Gasteiger partial charge in [0.25, 0.3) is 0 Å². The Kier molecular flexibility index (Phi) is 1.86. The first kappa shape index (κ1) is 7.00. The van der Waals surface area contributed by atoms with E-state index in [2.05, 4.69) is 15.5 Å². The van der Waals surface area contributed by atoms with Gasteiger partial charge < -0.3 is 5.11 Å². The smallest absolute Gasteiger partial charge is 0.336 e. The highest BCUT2D eigenvalue weighted by atomic mass is 19.3. The molecule has 0 aliphatic carbocycles. The molecule has 56 valence electrons. The van der Waals surface area contributed by atoms with Gasteiger partial charge in [0.1, 0.15) is 6.61 Å². The van der Waals surface area contributed by atoms with E-state index in [1.165, 1.54) is 0 Å². The normalized spacial score (nSPS) is 10.8. The molecule has 0 aliphatic heterocycles. The molecule has 0 bridgehead atoms. The number of tetrazole rings is 1. The zero-order chi connectivity index (χ0) is 7.56. The maximum atomic E-state index is 11.8. The van der Waals surface area contributed by atoms with E-state index < -0.39 is 13.2 Å². The molecule has 0 aliphatic rings. The molecule has 0 unspecified atom stereocenters. The second-order valence-electron chi connectivity index (χ2n) is 1.48. The van der Waals surface area contributed by atoms with Crippen molar-refractivity contribution in [3.8, 4) is 0 Å². The van der Waals surface area contributed by atoms with Crippen LogP contribution in [0.25, 0.3) is 0 Å². The third-order valence-electron chi connectivity index (χ3n) is 0.887. The topological polar surface area (TPSA) is 63.8 Å². The lowest BCUT2D eigenvalue weighted by molar-refractivity contribution is 0.0467. The lowest BCUT2D eigenvalue weighted by atomic mass is 10.7. The number of alkyl halides is 2. The molecule has 1 aromatic heterocycles. The minimum absolute atomic E-state index is 0.241. The van der Waals surface area contributed by atoms with Crippen LogP contribution in [0.15, 0.2) is 0 Å². The van der Waals surface area contributed by atoms with Crippen molar-refractivity contribution in [1.29, 1.82) is 0 Å². The number of aromatic nitrogens is 4. The average Bonchev–Trinajstić information content (AvgIpc) is 2.33. The van der Waals surface area contributed by atoms with Gasteiger partial charge in [-0.25, -0.2) is 0 Å². The molecule has 0 radical (unpaired) electrons. The Hall–Kier alpha value is -1.11. The van der Waals surface area contributed by atoms with Gasteiger partial charge in [-0.05, 0) is 10.4 Å². The molecule has 0 amide bonds. The highest BCUT2D eigenvalue weighted by Crippen LogP contribution is 2.07. The molecule has 1 heterocycles. The van der Waals surface area contributed by atoms with Gasteiger partial charge in [0, 0.05) is 0 Å². The third-order valence-corrected chi connectivity index (χ3v) is 0.887. The van der Waals surface area contributed by atoms with Crippen LogP contribution >= 0.6 is 0 Å². The standard InChI is InChI=1S/C3H4F2N4O/c4-3(5)9-2(1-10)6-7-8-9/h3,10H,1H2. The maximum Gasteiger partial charge on any atom is 0.336 e. The lowest BCUT2D eigenvalue weighted by Gasteiger charge is -1.97. The summed E-state index contributed by atoms with van der Waals surface area (Å²) in [5.74, 6) is -0.241. The predicted octanol–water partition coefficient (Wildman–Crippen LogP) is -0.440. The van der Waals surface area contributed by atoms with Crippen LogP contribution in [0, 0.1) is 0 Å². The lowest BCUT2D eigenvalue weighted by Crippen LogP contribution is -2.05. The largest absolute Gasteiger partial charge is 0.388 e. The van der Waals surface area contributed by atoms with Gasteiger partial charge in [0.05, 0.1) is 0 Å². The number of halogens is 2. The Bertz CT molecular complexity index is 212. The van der Waals surface area contributed by atoms with Crippen LogP contribution in [0.1, 0.15) is 12.4 Å². The van der Waals surface area contributed by atoms with E-state index in [0.717, 1.165) is 0 Å². The van der Waals surface area contributed by atoms with Crippen LogP contribution in [0.4, 0.5) is 8.78 Å². The van der Waals surface area contributed by atoms with Crippen LogP contribution in [0.5, 0.6) is 0 Å². The molecule has 10 heavy (non-hydrogen) atoms. The summed E-state index contributed by atoms with van der Waals surface area (Å²) < 4.78 is 23.8. The molecule has 1 aromatic rings. The number of rotatable bonds is 2. The van der Waals surface area contributed by atoms with Crippen LogP contribution in [0.2, 0.25) is 0 Å². The van der Waals surface area contributed by atoms with Crippen LogP contribution in [-0.2, 0) is 6.61 Å². The fourth-order valence-electron chi connectivity index (χ4n) is 0.468. The number of aliphatic hydroxyl groups is 1. The van der Waals surface area contributed by atoms with Crippen molar-refractivity contribution in [3.05, 3.63) is 5.82 Å². The van der Waals surface area contributed by atoms with Gasteiger partial charge in [0.15, 0.2) is 5.82 Å². The van der Waals surface area contributed by atoms with E-state index in [0.29, 0.717) is 0 Å². The summed E-state index contributed by atoms with van der Waals surface area (Å²) in [5, 5.41) is 17.4. The fourth-order valence-corrected chi connectivity index (χ4v) is 0.468. The molecule has 0 fully saturated rings. The van der Waals surface area contributed by atoms with Gasteiger partial charge in [0.2, 0.25) is 0 Å². The van der Waals surface area contributed by atoms with Gasteiger partial charge in [-0.1, -0.05) is 0 Å². The number of aliphatic hydroxyl groups excluding tert-OH is 1. The number of nitrogens with zero attached hydrogens (tertiary/aromatic N) is 4. The second kappa shape index (κ2) is 2.65. The number of hydrogen-bond donors (Lipinski definition) is 1. The Labute approximate surface area is 54.3 Å². The van der Waals surface area contributed by atoms with Crippen molar-refractivity contribution >= 4 is 0 Å². The van der Waals surface area contributed by atoms with Crippen molar-refractivity contribution in [3.63, 3.8) is 0 Å². The Morgan fingerprint density at radius 1 is 1.60 bits per heavy atom. The number of hydrogen-bond acceptors (Lipinski definition) is 4. The van der Waals surface area contributed by atoms with Crippen LogP contribution < -0.4 is 0 Å². The van der Waals surface area contributed by atoms with Crippen molar-refractivity contribution in [1.82, 2.24) is 20.2 Å². The summed E-state index contributed by atoms with van der Waals surface area (Å²) in [6.45, 7) is -3.38. The van der Waals surface area contributed by atoms with Gasteiger partial charge >= 0.3 is 6.55 Å². The molecule has 0 aromatic carbocycles. The third kappa shape index (κ3) is 1.08. The van der Waals surface area contributed by atoms with E-state index in [1.807, 2.05) is 0 Å². The quantitative estimate of drug-likeness (QED) is 0.620. The van der Waals surface area contributed by atoms with Gasteiger partial charge in [-0.15, -0.1) is 5.10 Å². The molecule has 1 rings (SSSR count). The van der Waals surface area contributed by atoms with Crippen LogP contribution in [-0.4, -0.2) is 25.3 Å². The molecular formula is C3H4F2N4O. The zero-order valence-electron chi connectivity index (χ0n) is 4.78. The van der Waals surface area contributed by atoms with Gasteiger partial charge in [-0.3, -0.25) is 0 Å². The predicted molar refractivity (Wildman–Crippen MR) is 25.0 cm³/mol. The second-order valence-corrected chi connectivity index (χ2v) is 1.48. The molecule has 7 heteroatoms. The van der Waals surface area contributed by atoms with Crippen molar-refractivity contribution in [2.24, 2.45) is 0 Å². The highest BCUT2D eigenvalue weighted by Gasteiger charge is 2.12. The Morgan fingerprint density at radius 3 is 2.70 bits per heavy atom. The fraction of sp³-hybridized carbons (Fsp3) is 0.667. The molecule has 0 saturated carbocycles. The molecule has 5 nitrogen and oxygen atoms in total. The minimum Gasteiger partial charge on any atom is -0.388 e. The minimum atomic E-state index is -2.79. The van der Waals surface area contributed by atoms with E-state index in [1.54, 1.807) is 0 Å². The zero-order valence-corrected chi connectivity index (χ0v) is 4.78. The van der Waals surface area contributed by atoms with Crippen molar-refractivity contribution < 1.29 is 13.9 Å². The SMILES string of the molecule is OCc1nnnn1C(F)F. The van der Waals surface area contributed by atoms with E-state index in [4.69, 9.17) is 5.11 Å². The molecular weight excluding hydrogens is 146 g/mol. The summed E-state index contributed by atoms with van der Waals surface area (Å²) in [6.07, 6.45) is 0. The molecule has 1 N–H and O–H groups in total. The molecule has 0 spiro atoms. The average molecular weight is 150 g/mol. The van der Waals surface area contributed by atoms with Crippen LogP contribution in [0.3, 0.4) is 0 Å². The van der Waals surface area contributed by atoms with E-state index in [9.17, 15) is 8.78 Å². The Morgan fingerprint density at radius 2 is 2.30 bits per heavy atom. The van der Waals surface area contributed by atoms with Gasteiger partial charge in [-0.2, -0.15) is 13.5 Å². The summed E-state index contributed by atoms with van der Waals surface area (Å²) in [4.78, 5) is 0. The summed E-state index contributed by atoms with van der Waals surface area (Å²) in [6, 6.07) is 0. The van der Waals surface area contributed by atoms with E-state index in [-0.39, 0.29) is 10.5 Å². The Balaban J connectivity index is 2.90. The van der Waals surface area contributed by atoms with E-state index >= 15 is 0 Å². The summed E-state index contributed by atoms with van der Waals surface area (Å²) in [7, 11) is 0. The monoisotopic (exact) mass is 150 g/mol. The summed E-state index contributed by atoms with van der Waals surface area (Å²) in [5.41, 5.74) is 0. The maximum absolute atomic E-state index is 11.8. The van der Waals surface area contributed by atoms with Crippen molar-refractivity contribution in [2.75, 3.05) is 0 Å². The molecule has 0 saturated heterocycles. The molecule has 0 atom stereocenters. The first-order chi connectivity index (χ1) is 4.75.